The van der Waals surface area contributed by atoms with E-state index in [-0.39, 0.29) is 5.91 Å². The summed E-state index contributed by atoms with van der Waals surface area (Å²) in [6.45, 7) is 5.52. The van der Waals surface area contributed by atoms with Gasteiger partial charge in [0.2, 0.25) is 5.91 Å². The molecule has 0 saturated carbocycles. The van der Waals surface area contributed by atoms with E-state index < -0.39 is 0 Å². The van der Waals surface area contributed by atoms with Crippen LogP contribution in [-0.2, 0) is 11.3 Å². The second kappa shape index (κ2) is 8.43. The fraction of sp³-hybridized carbons (Fsp3) is 0.286. The third-order valence-corrected chi connectivity index (χ3v) is 5.81. The minimum Gasteiger partial charge on any atom is -0.368 e. The monoisotopic (exact) mass is 429 g/mol. The van der Waals surface area contributed by atoms with Crippen molar-refractivity contribution in [3.8, 4) is 0 Å². The van der Waals surface area contributed by atoms with E-state index in [1.54, 1.807) is 25.3 Å². The lowest BCUT2D eigenvalue weighted by atomic mass is 10.1. The molecule has 1 aromatic heterocycles. The van der Waals surface area contributed by atoms with Gasteiger partial charge in [0, 0.05) is 45.3 Å². The molecule has 0 atom stereocenters. The van der Waals surface area contributed by atoms with Gasteiger partial charge in [0.25, 0.3) is 0 Å². The molecule has 6 nitrogen and oxygen atoms in total. The van der Waals surface area contributed by atoms with Crippen LogP contribution in [0.5, 0.6) is 0 Å². The zero-order chi connectivity index (χ0) is 20.4. The number of carbonyl (C=O) groups is 1. The zero-order valence-electron chi connectivity index (χ0n) is 16.0. The molecule has 3 aromatic rings. The van der Waals surface area contributed by atoms with E-state index >= 15 is 0 Å². The van der Waals surface area contributed by atoms with Gasteiger partial charge >= 0.3 is 0 Å². The Morgan fingerprint density at radius 1 is 1.03 bits per heavy atom. The van der Waals surface area contributed by atoms with Crippen molar-refractivity contribution in [2.24, 2.45) is 0 Å². The third-order valence-electron chi connectivity index (χ3n) is 5.08. The van der Waals surface area contributed by atoms with Gasteiger partial charge in [-0.25, -0.2) is 4.98 Å². The summed E-state index contributed by atoms with van der Waals surface area (Å²) in [6.07, 6.45) is 1.69. The Morgan fingerprint density at radius 3 is 2.34 bits per heavy atom. The highest BCUT2D eigenvalue weighted by molar-refractivity contribution is 6.42. The topological polar surface area (TPSA) is 61.4 Å². The number of fused-ring (bicyclic) bond motifs is 1. The average Bonchev–Trinajstić information content (AvgIpc) is 2.73. The van der Waals surface area contributed by atoms with E-state index in [1.807, 2.05) is 4.90 Å². The Morgan fingerprint density at radius 2 is 1.69 bits per heavy atom. The van der Waals surface area contributed by atoms with Crippen molar-refractivity contribution < 1.29 is 4.79 Å². The first kappa shape index (κ1) is 19.7. The summed E-state index contributed by atoms with van der Waals surface area (Å²) in [6, 6.07) is 11.9. The molecule has 0 spiro atoms. The summed E-state index contributed by atoms with van der Waals surface area (Å²) in [5.41, 5.74) is 3.73. The Hall–Kier alpha value is -2.57. The predicted molar refractivity (Wildman–Crippen MR) is 118 cm³/mol. The van der Waals surface area contributed by atoms with Crippen molar-refractivity contribution in [2.45, 2.75) is 13.5 Å². The van der Waals surface area contributed by atoms with Crippen LogP contribution in [0.25, 0.3) is 11.0 Å². The molecule has 1 aliphatic rings. The van der Waals surface area contributed by atoms with Crippen molar-refractivity contribution in [1.82, 2.24) is 14.9 Å². The van der Waals surface area contributed by atoms with E-state index in [1.165, 1.54) is 5.69 Å². The molecule has 2 aromatic carbocycles. The molecular formula is C21H21Cl2N5O. The quantitative estimate of drug-likeness (QED) is 0.672. The molecule has 1 aliphatic heterocycles. The number of rotatable bonds is 4. The van der Waals surface area contributed by atoms with Crippen molar-refractivity contribution in [2.75, 3.05) is 36.4 Å². The molecule has 0 radical (unpaired) electrons. The molecule has 1 fully saturated rings. The summed E-state index contributed by atoms with van der Waals surface area (Å²) in [7, 11) is 0. The number of anilines is 2. The number of nitrogens with zero attached hydrogens (tertiary/aromatic N) is 4. The Balaban J connectivity index is 1.37. The zero-order valence-corrected chi connectivity index (χ0v) is 17.5. The summed E-state index contributed by atoms with van der Waals surface area (Å²) in [5.74, 6) is 0.827. The third kappa shape index (κ3) is 4.54. The fourth-order valence-corrected chi connectivity index (χ4v) is 3.71. The molecule has 150 valence electrons. The van der Waals surface area contributed by atoms with E-state index in [4.69, 9.17) is 23.2 Å². The highest BCUT2D eigenvalue weighted by Gasteiger charge is 2.18. The summed E-state index contributed by atoms with van der Waals surface area (Å²) >= 11 is 12.1. The molecule has 1 N–H and O–H groups in total. The van der Waals surface area contributed by atoms with E-state index in [0.29, 0.717) is 33.4 Å². The standard InChI is InChI=1S/C21H21Cl2N5O/c1-14(29)27-6-8-28(9-7-27)16-4-2-15(3-5-16)12-25-21-13-24-19-10-17(22)18(23)11-20(19)26-21/h2-5,10-11,13H,6-9,12H2,1H3,(H,25,26). The van der Waals surface area contributed by atoms with Gasteiger partial charge in [-0.15, -0.1) is 0 Å². The van der Waals surface area contributed by atoms with Crippen LogP contribution < -0.4 is 10.2 Å². The smallest absolute Gasteiger partial charge is 0.219 e. The average molecular weight is 430 g/mol. The van der Waals surface area contributed by atoms with Crippen molar-refractivity contribution >= 4 is 51.6 Å². The largest absolute Gasteiger partial charge is 0.368 e. The minimum atomic E-state index is 0.147. The SMILES string of the molecule is CC(=O)N1CCN(c2ccc(CNc3cnc4cc(Cl)c(Cl)cc4n3)cc2)CC1. The van der Waals surface area contributed by atoms with Gasteiger partial charge in [-0.1, -0.05) is 35.3 Å². The van der Waals surface area contributed by atoms with E-state index in [0.717, 1.165) is 31.7 Å². The number of hydrogen-bond donors (Lipinski definition) is 1. The molecule has 0 bridgehead atoms. The Labute approximate surface area is 179 Å². The number of carbonyl (C=O) groups excluding carboxylic acids is 1. The van der Waals surface area contributed by atoms with Crippen molar-refractivity contribution in [3.63, 3.8) is 0 Å². The van der Waals surface area contributed by atoms with Gasteiger partial charge in [0.05, 0.1) is 27.3 Å². The highest BCUT2D eigenvalue weighted by atomic mass is 35.5. The van der Waals surface area contributed by atoms with Crippen LogP contribution in [0.2, 0.25) is 10.0 Å². The van der Waals surface area contributed by atoms with Gasteiger partial charge in [-0.2, -0.15) is 0 Å². The Bertz CT molecular complexity index is 1030. The maximum atomic E-state index is 11.5. The summed E-state index contributed by atoms with van der Waals surface area (Å²) in [5, 5.41) is 4.23. The van der Waals surface area contributed by atoms with Crippen LogP contribution in [0.3, 0.4) is 0 Å². The van der Waals surface area contributed by atoms with Crippen molar-refractivity contribution in [3.05, 3.63) is 58.2 Å². The van der Waals surface area contributed by atoms with Crippen LogP contribution >= 0.6 is 23.2 Å². The molecule has 29 heavy (non-hydrogen) atoms. The summed E-state index contributed by atoms with van der Waals surface area (Å²) in [4.78, 5) is 24.6. The number of benzene rings is 2. The first-order valence-corrected chi connectivity index (χ1v) is 10.2. The van der Waals surface area contributed by atoms with Gasteiger partial charge in [0.15, 0.2) is 0 Å². The number of piperazine rings is 1. The van der Waals surface area contributed by atoms with Crippen molar-refractivity contribution in [1.29, 1.82) is 0 Å². The van der Waals surface area contributed by atoms with E-state index in [9.17, 15) is 4.79 Å². The highest BCUT2D eigenvalue weighted by Crippen LogP contribution is 2.26. The van der Waals surface area contributed by atoms with Gasteiger partial charge in [0.1, 0.15) is 5.82 Å². The van der Waals surface area contributed by atoms with Gasteiger partial charge in [-0.3, -0.25) is 9.78 Å². The number of aromatic nitrogens is 2. The van der Waals surface area contributed by atoms with Crippen LogP contribution in [0.15, 0.2) is 42.6 Å². The van der Waals surface area contributed by atoms with Crippen LogP contribution in [0, 0.1) is 0 Å². The molecular weight excluding hydrogens is 409 g/mol. The maximum Gasteiger partial charge on any atom is 0.219 e. The molecule has 4 rings (SSSR count). The van der Waals surface area contributed by atoms with Crippen LogP contribution in [-0.4, -0.2) is 47.0 Å². The van der Waals surface area contributed by atoms with Gasteiger partial charge in [-0.05, 0) is 29.8 Å². The first-order valence-electron chi connectivity index (χ1n) is 9.45. The first-order chi connectivity index (χ1) is 14.0. The van der Waals surface area contributed by atoms with Crippen LogP contribution in [0.1, 0.15) is 12.5 Å². The maximum absolute atomic E-state index is 11.5. The number of nitrogens with one attached hydrogen (secondary N) is 1. The molecule has 0 aliphatic carbocycles. The van der Waals surface area contributed by atoms with E-state index in [2.05, 4.69) is 44.5 Å². The number of halogens is 2. The lowest BCUT2D eigenvalue weighted by molar-refractivity contribution is -0.129. The minimum absolute atomic E-state index is 0.147. The molecule has 0 unspecified atom stereocenters. The molecule has 1 saturated heterocycles. The fourth-order valence-electron chi connectivity index (χ4n) is 3.39. The molecule has 1 amide bonds. The van der Waals surface area contributed by atoms with Gasteiger partial charge < -0.3 is 15.1 Å². The number of amides is 1. The lowest BCUT2D eigenvalue weighted by Crippen LogP contribution is -2.48. The second-order valence-electron chi connectivity index (χ2n) is 7.02. The normalized spacial score (nSPS) is 14.3. The molecule has 8 heteroatoms. The van der Waals surface area contributed by atoms with Crippen LogP contribution in [0.4, 0.5) is 11.5 Å². The Kier molecular flexibility index (Phi) is 5.74. The summed E-state index contributed by atoms with van der Waals surface area (Å²) < 4.78 is 0. The number of hydrogen-bond acceptors (Lipinski definition) is 5. The second-order valence-corrected chi connectivity index (χ2v) is 7.84. The predicted octanol–water partition coefficient (Wildman–Crippen LogP) is 4.22. The molecule has 2 heterocycles. The lowest BCUT2D eigenvalue weighted by Gasteiger charge is -2.35.